The third-order valence-corrected chi connectivity index (χ3v) is 3.50. The molecule has 2 aromatic heterocycles. The average molecular weight is 268 g/mol. The molecule has 0 aliphatic carbocycles. The van der Waals surface area contributed by atoms with Crippen LogP contribution in [0.15, 0.2) is 42.9 Å². The summed E-state index contributed by atoms with van der Waals surface area (Å²) in [5.74, 6) is 0. The molecule has 0 aliphatic heterocycles. The maximum atomic E-state index is 5.86. The van der Waals surface area contributed by atoms with Crippen molar-refractivity contribution in [2.24, 2.45) is 12.8 Å². The molecular formula is C16H20N4. The second-order valence-electron chi connectivity index (χ2n) is 5.54. The highest BCUT2D eigenvalue weighted by molar-refractivity contribution is 5.81. The molecule has 2 heterocycles. The third-order valence-electron chi connectivity index (χ3n) is 3.50. The van der Waals surface area contributed by atoms with Crippen molar-refractivity contribution < 1.29 is 0 Å². The van der Waals surface area contributed by atoms with Crippen LogP contribution in [0.1, 0.15) is 18.1 Å². The Hall–Kier alpha value is -2.07. The molecular weight excluding hydrogens is 248 g/mol. The predicted octanol–water partition coefficient (Wildman–Crippen LogP) is 2.31. The van der Waals surface area contributed by atoms with Gasteiger partial charge in [-0.05, 0) is 42.5 Å². The van der Waals surface area contributed by atoms with Crippen LogP contribution in [0.25, 0.3) is 10.9 Å². The van der Waals surface area contributed by atoms with E-state index in [1.165, 1.54) is 22.0 Å². The zero-order valence-electron chi connectivity index (χ0n) is 12.0. The highest BCUT2D eigenvalue weighted by Crippen LogP contribution is 2.19. The number of fused-ring (bicyclic) bond motifs is 1. The highest BCUT2D eigenvalue weighted by atomic mass is 15.2. The summed E-state index contributed by atoms with van der Waals surface area (Å²) in [4.78, 5) is 0. The molecule has 2 N–H and O–H groups in total. The van der Waals surface area contributed by atoms with Crippen LogP contribution in [0.4, 0.5) is 0 Å². The van der Waals surface area contributed by atoms with E-state index in [1.807, 2.05) is 24.9 Å². The first kappa shape index (κ1) is 12.9. The summed E-state index contributed by atoms with van der Waals surface area (Å²) in [6.45, 7) is 2.89. The van der Waals surface area contributed by atoms with E-state index in [1.54, 1.807) is 0 Å². The van der Waals surface area contributed by atoms with E-state index < -0.39 is 0 Å². The lowest BCUT2D eigenvalue weighted by Gasteiger charge is -2.07. The number of hydrogen-bond acceptors (Lipinski definition) is 2. The van der Waals surface area contributed by atoms with E-state index in [2.05, 4.69) is 46.3 Å². The van der Waals surface area contributed by atoms with E-state index >= 15 is 0 Å². The minimum absolute atomic E-state index is 0.199. The SMILES string of the molecule is CC(N)Cc1ccc2c(ccn2Cc2cnn(C)c2)c1. The number of nitrogens with two attached hydrogens (primary N) is 1. The molecule has 104 valence electrons. The lowest BCUT2D eigenvalue weighted by Crippen LogP contribution is -2.17. The Morgan fingerprint density at radius 3 is 2.80 bits per heavy atom. The quantitative estimate of drug-likeness (QED) is 0.789. The Kier molecular flexibility index (Phi) is 3.32. The van der Waals surface area contributed by atoms with E-state index in [0.717, 1.165) is 13.0 Å². The van der Waals surface area contributed by atoms with E-state index in [9.17, 15) is 0 Å². The lowest BCUT2D eigenvalue weighted by atomic mass is 10.1. The van der Waals surface area contributed by atoms with Crippen LogP contribution < -0.4 is 5.73 Å². The number of benzene rings is 1. The zero-order valence-corrected chi connectivity index (χ0v) is 12.0. The van der Waals surface area contributed by atoms with Crippen LogP contribution >= 0.6 is 0 Å². The summed E-state index contributed by atoms with van der Waals surface area (Å²) in [5, 5.41) is 5.48. The van der Waals surface area contributed by atoms with Gasteiger partial charge in [0.2, 0.25) is 0 Å². The van der Waals surface area contributed by atoms with E-state index in [0.29, 0.717) is 0 Å². The van der Waals surface area contributed by atoms with Gasteiger partial charge in [-0.15, -0.1) is 0 Å². The standard InChI is InChI=1S/C16H20N4/c1-12(17)7-13-3-4-16-15(8-13)5-6-20(16)11-14-9-18-19(2)10-14/h3-6,8-10,12H,7,11,17H2,1-2H3. The molecule has 0 saturated heterocycles. The molecule has 0 spiro atoms. The first-order valence-corrected chi connectivity index (χ1v) is 6.93. The van der Waals surface area contributed by atoms with Crippen molar-refractivity contribution in [2.75, 3.05) is 0 Å². The summed E-state index contributed by atoms with van der Waals surface area (Å²) in [5.41, 5.74) is 9.63. The Morgan fingerprint density at radius 1 is 1.25 bits per heavy atom. The fraction of sp³-hybridized carbons (Fsp3) is 0.312. The van der Waals surface area contributed by atoms with Crippen molar-refractivity contribution in [2.45, 2.75) is 25.9 Å². The van der Waals surface area contributed by atoms with Gasteiger partial charge in [-0.1, -0.05) is 6.07 Å². The zero-order chi connectivity index (χ0) is 14.1. The molecule has 1 aromatic carbocycles. The van der Waals surface area contributed by atoms with Gasteiger partial charge >= 0.3 is 0 Å². The fourth-order valence-electron chi connectivity index (χ4n) is 2.64. The number of hydrogen-bond donors (Lipinski definition) is 1. The van der Waals surface area contributed by atoms with Crippen LogP contribution in [0, 0.1) is 0 Å². The maximum absolute atomic E-state index is 5.86. The molecule has 20 heavy (non-hydrogen) atoms. The minimum Gasteiger partial charge on any atom is -0.343 e. The fourth-order valence-corrected chi connectivity index (χ4v) is 2.64. The Balaban J connectivity index is 1.89. The largest absolute Gasteiger partial charge is 0.343 e. The first-order chi connectivity index (χ1) is 9.61. The monoisotopic (exact) mass is 268 g/mol. The van der Waals surface area contributed by atoms with E-state index in [-0.39, 0.29) is 6.04 Å². The highest BCUT2D eigenvalue weighted by Gasteiger charge is 2.05. The van der Waals surface area contributed by atoms with Crippen molar-refractivity contribution in [3.63, 3.8) is 0 Å². The maximum Gasteiger partial charge on any atom is 0.0539 e. The smallest absolute Gasteiger partial charge is 0.0539 e. The van der Waals surface area contributed by atoms with Gasteiger partial charge < -0.3 is 10.3 Å². The van der Waals surface area contributed by atoms with Crippen LogP contribution in [0.2, 0.25) is 0 Å². The van der Waals surface area contributed by atoms with Gasteiger partial charge in [0.1, 0.15) is 0 Å². The van der Waals surface area contributed by atoms with Crippen molar-refractivity contribution in [1.82, 2.24) is 14.3 Å². The Bertz CT molecular complexity index is 721. The van der Waals surface area contributed by atoms with Crippen LogP contribution in [-0.4, -0.2) is 20.4 Å². The van der Waals surface area contributed by atoms with Crippen LogP contribution in [-0.2, 0) is 20.0 Å². The number of aromatic nitrogens is 3. The summed E-state index contributed by atoms with van der Waals surface area (Å²) >= 11 is 0. The first-order valence-electron chi connectivity index (χ1n) is 6.93. The summed E-state index contributed by atoms with van der Waals surface area (Å²) in [6.07, 6.45) is 7.02. The predicted molar refractivity (Wildman–Crippen MR) is 81.6 cm³/mol. The molecule has 0 fully saturated rings. The van der Waals surface area contributed by atoms with Crippen molar-refractivity contribution in [3.05, 3.63) is 54.0 Å². The number of nitrogens with zero attached hydrogens (tertiary/aromatic N) is 3. The van der Waals surface area contributed by atoms with Crippen molar-refractivity contribution >= 4 is 10.9 Å². The van der Waals surface area contributed by atoms with Gasteiger partial charge in [0, 0.05) is 36.6 Å². The van der Waals surface area contributed by atoms with Gasteiger partial charge in [0.05, 0.1) is 12.7 Å². The van der Waals surface area contributed by atoms with Gasteiger partial charge in [0.15, 0.2) is 0 Å². The minimum atomic E-state index is 0.199. The number of rotatable bonds is 4. The Labute approximate surface area is 118 Å². The topological polar surface area (TPSA) is 48.8 Å². The molecule has 3 aromatic rings. The normalized spacial score (nSPS) is 12.9. The number of aryl methyl sites for hydroxylation is 1. The summed E-state index contributed by atoms with van der Waals surface area (Å²) in [6, 6.07) is 8.95. The molecule has 4 nitrogen and oxygen atoms in total. The summed E-state index contributed by atoms with van der Waals surface area (Å²) < 4.78 is 4.09. The van der Waals surface area contributed by atoms with Gasteiger partial charge in [-0.25, -0.2) is 0 Å². The van der Waals surface area contributed by atoms with Crippen molar-refractivity contribution in [1.29, 1.82) is 0 Å². The van der Waals surface area contributed by atoms with Gasteiger partial charge in [0.25, 0.3) is 0 Å². The van der Waals surface area contributed by atoms with Crippen LogP contribution in [0.3, 0.4) is 0 Å². The third kappa shape index (κ3) is 2.60. The molecule has 1 unspecified atom stereocenters. The van der Waals surface area contributed by atoms with E-state index in [4.69, 9.17) is 5.73 Å². The molecule has 0 bridgehead atoms. The van der Waals surface area contributed by atoms with Crippen LogP contribution in [0.5, 0.6) is 0 Å². The summed E-state index contributed by atoms with van der Waals surface area (Å²) in [7, 11) is 1.94. The molecule has 3 rings (SSSR count). The molecule has 0 saturated carbocycles. The van der Waals surface area contributed by atoms with Crippen molar-refractivity contribution in [3.8, 4) is 0 Å². The Morgan fingerprint density at radius 2 is 2.10 bits per heavy atom. The molecule has 0 radical (unpaired) electrons. The van der Waals surface area contributed by atoms with Gasteiger partial charge in [-0.3, -0.25) is 4.68 Å². The lowest BCUT2D eigenvalue weighted by molar-refractivity contribution is 0.738. The molecule has 4 heteroatoms. The molecule has 0 amide bonds. The van der Waals surface area contributed by atoms with Gasteiger partial charge in [-0.2, -0.15) is 5.10 Å². The second-order valence-corrected chi connectivity index (χ2v) is 5.54. The average Bonchev–Trinajstić information content (AvgIpc) is 2.96. The molecule has 0 aliphatic rings. The molecule has 1 atom stereocenters. The second kappa shape index (κ2) is 5.13.